The van der Waals surface area contributed by atoms with Gasteiger partial charge in [0.25, 0.3) is 0 Å². The van der Waals surface area contributed by atoms with E-state index in [1.807, 2.05) is 24.3 Å². The predicted molar refractivity (Wildman–Crippen MR) is 72.1 cm³/mol. The van der Waals surface area contributed by atoms with Crippen molar-refractivity contribution in [1.82, 2.24) is 0 Å². The monoisotopic (exact) mass is 248 g/mol. The topological polar surface area (TPSA) is 17.1 Å². The Balaban J connectivity index is 2.55. The molecule has 17 heavy (non-hydrogen) atoms. The molecule has 0 aromatic heterocycles. The van der Waals surface area contributed by atoms with Gasteiger partial charge in [-0.2, -0.15) is 0 Å². The summed E-state index contributed by atoms with van der Waals surface area (Å²) in [6.07, 6.45) is 4.14. The molecule has 0 amide bonds. The van der Waals surface area contributed by atoms with Crippen molar-refractivity contribution in [2.75, 3.05) is 0 Å². The molecule has 1 aliphatic rings. The van der Waals surface area contributed by atoms with Crippen LogP contribution in [-0.2, 0) is 4.79 Å². The number of hydrogen-bond donors (Lipinski definition) is 0. The van der Waals surface area contributed by atoms with Crippen LogP contribution in [-0.4, -0.2) is 6.29 Å². The van der Waals surface area contributed by atoms with E-state index >= 15 is 0 Å². The van der Waals surface area contributed by atoms with Gasteiger partial charge in [0.2, 0.25) is 0 Å². The minimum absolute atomic E-state index is 0.0717. The summed E-state index contributed by atoms with van der Waals surface area (Å²) in [4.78, 5) is 11.2. The van der Waals surface area contributed by atoms with Gasteiger partial charge in [-0.25, -0.2) is 0 Å². The first-order valence-corrected chi connectivity index (χ1v) is 6.37. The molecule has 2 rings (SSSR count). The van der Waals surface area contributed by atoms with Gasteiger partial charge in [-0.1, -0.05) is 37.6 Å². The summed E-state index contributed by atoms with van der Waals surface area (Å²) >= 11 is 5.91. The van der Waals surface area contributed by atoms with Gasteiger partial charge in [0, 0.05) is 5.02 Å². The Bertz CT molecular complexity index is 454. The number of carbonyl (C=O) groups excluding carboxylic acids is 1. The molecule has 1 aromatic carbocycles. The van der Waals surface area contributed by atoms with Crippen molar-refractivity contribution in [1.29, 1.82) is 0 Å². The van der Waals surface area contributed by atoms with Crippen molar-refractivity contribution in [3.05, 3.63) is 40.4 Å². The summed E-state index contributed by atoms with van der Waals surface area (Å²) in [7, 11) is 0. The van der Waals surface area contributed by atoms with E-state index in [0.29, 0.717) is 0 Å². The summed E-state index contributed by atoms with van der Waals surface area (Å²) in [5.41, 5.74) is 3.34. The third-order valence-corrected chi connectivity index (χ3v) is 3.77. The molecule has 0 aliphatic heterocycles. The van der Waals surface area contributed by atoms with Crippen LogP contribution in [0.5, 0.6) is 0 Å². The molecule has 0 saturated heterocycles. The molecule has 0 unspecified atom stereocenters. The van der Waals surface area contributed by atoms with E-state index < -0.39 is 0 Å². The summed E-state index contributed by atoms with van der Waals surface area (Å²) < 4.78 is 0. The second-order valence-corrected chi connectivity index (χ2v) is 5.70. The van der Waals surface area contributed by atoms with Crippen molar-refractivity contribution in [2.24, 2.45) is 5.41 Å². The minimum Gasteiger partial charge on any atom is -0.298 e. The Hall–Kier alpha value is -1.08. The molecule has 2 heteroatoms. The van der Waals surface area contributed by atoms with Crippen molar-refractivity contribution in [3.63, 3.8) is 0 Å². The lowest BCUT2D eigenvalue weighted by Gasteiger charge is -2.34. The Labute approximate surface area is 107 Å². The van der Waals surface area contributed by atoms with Crippen LogP contribution in [0.15, 0.2) is 29.8 Å². The normalized spacial score (nSPS) is 19.2. The third kappa shape index (κ3) is 2.44. The first-order chi connectivity index (χ1) is 8.04. The van der Waals surface area contributed by atoms with Crippen LogP contribution < -0.4 is 0 Å². The maximum absolute atomic E-state index is 11.2. The van der Waals surface area contributed by atoms with E-state index in [2.05, 4.69) is 13.8 Å². The molecular weight excluding hydrogens is 232 g/mol. The number of hydrogen-bond acceptors (Lipinski definition) is 1. The number of carbonyl (C=O) groups is 1. The smallest absolute Gasteiger partial charge is 0.146 e. The zero-order valence-corrected chi connectivity index (χ0v) is 11.1. The number of benzene rings is 1. The quantitative estimate of drug-likeness (QED) is 0.704. The van der Waals surface area contributed by atoms with E-state index in [0.717, 1.165) is 41.7 Å². The van der Waals surface area contributed by atoms with E-state index in [1.54, 1.807) is 0 Å². The van der Waals surface area contributed by atoms with Crippen LogP contribution in [0.2, 0.25) is 5.02 Å². The Kier molecular flexibility index (Phi) is 3.39. The maximum atomic E-state index is 11.2. The second-order valence-electron chi connectivity index (χ2n) is 5.26. The number of aldehydes is 1. The van der Waals surface area contributed by atoms with E-state index in [9.17, 15) is 4.79 Å². The van der Waals surface area contributed by atoms with Gasteiger partial charge >= 0.3 is 0 Å². The molecule has 0 saturated carbocycles. The van der Waals surface area contributed by atoms with Crippen LogP contribution >= 0.6 is 11.6 Å². The van der Waals surface area contributed by atoms with Gasteiger partial charge < -0.3 is 0 Å². The fourth-order valence-electron chi connectivity index (χ4n) is 2.72. The highest BCUT2D eigenvalue weighted by Crippen LogP contribution is 2.45. The molecule has 0 N–H and O–H groups in total. The van der Waals surface area contributed by atoms with Crippen LogP contribution in [0.4, 0.5) is 0 Å². The van der Waals surface area contributed by atoms with E-state index in [4.69, 9.17) is 11.6 Å². The second kappa shape index (κ2) is 4.66. The highest BCUT2D eigenvalue weighted by Gasteiger charge is 2.30. The van der Waals surface area contributed by atoms with Gasteiger partial charge in [-0.3, -0.25) is 4.79 Å². The lowest BCUT2D eigenvalue weighted by Crippen LogP contribution is -2.20. The molecule has 0 fully saturated rings. The number of rotatable bonds is 2. The molecule has 0 radical (unpaired) electrons. The summed E-state index contributed by atoms with van der Waals surface area (Å²) in [5.74, 6) is 0. The van der Waals surface area contributed by atoms with Crippen molar-refractivity contribution in [3.8, 4) is 0 Å². The standard InChI is InChI=1S/C15H17ClO/c1-15(2)9-3-4-12(10-17)14(15)11-5-7-13(16)8-6-11/h5-8,10H,3-4,9H2,1-2H3. The third-order valence-electron chi connectivity index (χ3n) is 3.52. The largest absolute Gasteiger partial charge is 0.298 e. The summed E-state index contributed by atoms with van der Waals surface area (Å²) in [5, 5.41) is 0.732. The first kappa shape index (κ1) is 12.4. The van der Waals surface area contributed by atoms with Crippen LogP contribution in [0.3, 0.4) is 0 Å². The lowest BCUT2D eigenvalue weighted by molar-refractivity contribution is -0.105. The molecular formula is C15H17ClO. The summed E-state index contributed by atoms with van der Waals surface area (Å²) in [6.45, 7) is 4.42. The average Bonchev–Trinajstić information content (AvgIpc) is 2.29. The maximum Gasteiger partial charge on any atom is 0.146 e. The van der Waals surface area contributed by atoms with Crippen LogP contribution in [0.1, 0.15) is 38.7 Å². The SMILES string of the molecule is CC1(C)CCCC(C=O)=C1c1ccc(Cl)cc1. The Morgan fingerprint density at radius 2 is 1.88 bits per heavy atom. The highest BCUT2D eigenvalue weighted by molar-refractivity contribution is 6.30. The minimum atomic E-state index is 0.0717. The molecule has 1 aromatic rings. The molecule has 1 nitrogen and oxygen atoms in total. The van der Waals surface area contributed by atoms with Crippen molar-refractivity contribution in [2.45, 2.75) is 33.1 Å². The Morgan fingerprint density at radius 3 is 2.47 bits per heavy atom. The van der Waals surface area contributed by atoms with Gasteiger partial charge in [0.15, 0.2) is 0 Å². The van der Waals surface area contributed by atoms with Gasteiger partial charge in [0.1, 0.15) is 6.29 Å². The average molecular weight is 249 g/mol. The fraction of sp³-hybridized carbons (Fsp3) is 0.400. The van der Waals surface area contributed by atoms with E-state index in [-0.39, 0.29) is 5.41 Å². The molecule has 0 spiro atoms. The number of allylic oxidation sites excluding steroid dienone is 2. The molecule has 90 valence electrons. The zero-order chi connectivity index (χ0) is 12.5. The first-order valence-electron chi connectivity index (χ1n) is 5.99. The lowest BCUT2D eigenvalue weighted by atomic mass is 9.70. The molecule has 0 heterocycles. The van der Waals surface area contributed by atoms with Gasteiger partial charge in [0.05, 0.1) is 0 Å². The Morgan fingerprint density at radius 1 is 1.24 bits per heavy atom. The molecule has 0 bridgehead atoms. The van der Waals surface area contributed by atoms with Gasteiger partial charge in [-0.05, 0) is 53.5 Å². The number of halogens is 1. The van der Waals surface area contributed by atoms with Crippen LogP contribution in [0, 0.1) is 5.41 Å². The molecule has 0 atom stereocenters. The highest BCUT2D eigenvalue weighted by atomic mass is 35.5. The molecule has 1 aliphatic carbocycles. The fourth-order valence-corrected chi connectivity index (χ4v) is 2.84. The van der Waals surface area contributed by atoms with Crippen LogP contribution in [0.25, 0.3) is 5.57 Å². The van der Waals surface area contributed by atoms with Crippen molar-refractivity contribution < 1.29 is 4.79 Å². The zero-order valence-electron chi connectivity index (χ0n) is 10.3. The summed E-state index contributed by atoms with van der Waals surface area (Å²) in [6, 6.07) is 7.79. The van der Waals surface area contributed by atoms with Gasteiger partial charge in [-0.15, -0.1) is 0 Å². The predicted octanol–water partition coefficient (Wildman–Crippen LogP) is 4.50. The van der Waals surface area contributed by atoms with E-state index in [1.165, 1.54) is 5.57 Å². The van der Waals surface area contributed by atoms with Crippen molar-refractivity contribution >= 4 is 23.5 Å².